The second-order valence-electron chi connectivity index (χ2n) is 10.2. The molecule has 1 aromatic carbocycles. The van der Waals surface area contributed by atoms with Gasteiger partial charge in [0.15, 0.2) is 0 Å². The molecule has 15 heteroatoms. The molecule has 232 valence electrons. The van der Waals surface area contributed by atoms with E-state index in [1.165, 1.54) is 12.5 Å². The molecule has 0 radical (unpaired) electrons. The molecule has 0 aliphatic rings. The molecule has 15 nitrogen and oxygen atoms in total. The Hall–Kier alpha value is -4.76. The van der Waals surface area contributed by atoms with Crippen LogP contribution in [0.5, 0.6) is 0 Å². The van der Waals surface area contributed by atoms with Gasteiger partial charge in [-0.3, -0.25) is 19.2 Å². The highest BCUT2D eigenvalue weighted by Crippen LogP contribution is 2.19. The van der Waals surface area contributed by atoms with E-state index in [9.17, 15) is 34.2 Å². The van der Waals surface area contributed by atoms with Crippen molar-refractivity contribution >= 4 is 40.6 Å². The minimum absolute atomic E-state index is 0.0163. The lowest BCUT2D eigenvalue weighted by Gasteiger charge is -2.25. The van der Waals surface area contributed by atoms with Gasteiger partial charge in [0.05, 0.1) is 12.4 Å². The molecule has 0 aliphatic heterocycles. The van der Waals surface area contributed by atoms with Gasteiger partial charge in [0.2, 0.25) is 17.7 Å². The first kappa shape index (κ1) is 32.8. The standard InChI is InChI=1S/C28H38N8O7/c29-10-4-3-7-22(28(42)43)35-26(40)21(8-9-24(37)38)34-27(41)23(11-16-13-32-20-6-2-1-5-18(16)20)36-25(39)19(30)12-17-14-31-15-33-17/h1-2,5-6,13-15,19,21-23,32H,3-4,7-12,29-30H2,(H,31,33)(H,34,41)(H,35,40)(H,36,39)(H,37,38)(H,42,43). The third-order valence-electron chi connectivity index (χ3n) is 6.90. The smallest absolute Gasteiger partial charge is 0.326 e. The number of nitrogens with two attached hydrogens (primary N) is 2. The summed E-state index contributed by atoms with van der Waals surface area (Å²) in [5.41, 5.74) is 13.7. The maximum absolute atomic E-state index is 13.6. The second kappa shape index (κ2) is 16.0. The Morgan fingerprint density at radius 3 is 2.23 bits per heavy atom. The van der Waals surface area contributed by atoms with E-state index in [-0.39, 0.29) is 25.7 Å². The predicted molar refractivity (Wildman–Crippen MR) is 155 cm³/mol. The molecule has 2 heterocycles. The highest BCUT2D eigenvalue weighted by atomic mass is 16.4. The first-order valence-corrected chi connectivity index (χ1v) is 13.9. The van der Waals surface area contributed by atoms with Gasteiger partial charge in [0.25, 0.3) is 0 Å². The van der Waals surface area contributed by atoms with Crippen molar-refractivity contribution in [3.63, 3.8) is 0 Å². The number of carboxylic acid groups (broad SMARTS) is 2. The number of fused-ring (bicyclic) bond motifs is 1. The Morgan fingerprint density at radius 2 is 1.56 bits per heavy atom. The average molecular weight is 599 g/mol. The minimum Gasteiger partial charge on any atom is -0.481 e. The summed E-state index contributed by atoms with van der Waals surface area (Å²) in [6, 6.07) is 2.48. The zero-order valence-corrected chi connectivity index (χ0v) is 23.5. The number of nitrogens with zero attached hydrogens (tertiary/aromatic N) is 1. The number of aromatic amines is 2. The van der Waals surface area contributed by atoms with Crippen LogP contribution in [0.15, 0.2) is 43.0 Å². The number of unbranched alkanes of at least 4 members (excludes halogenated alkanes) is 1. The number of H-pyrrole nitrogens is 2. The third kappa shape index (κ3) is 9.93. The molecule has 3 aromatic rings. The van der Waals surface area contributed by atoms with Gasteiger partial charge in [-0.2, -0.15) is 0 Å². The number of carbonyl (C=O) groups is 5. The van der Waals surface area contributed by atoms with Gasteiger partial charge in [0.1, 0.15) is 18.1 Å². The molecule has 4 atom stereocenters. The molecule has 0 fully saturated rings. The summed E-state index contributed by atoms with van der Waals surface area (Å²) in [6.45, 7) is 0.354. The maximum atomic E-state index is 13.6. The largest absolute Gasteiger partial charge is 0.481 e. The van der Waals surface area contributed by atoms with E-state index in [1.807, 2.05) is 24.3 Å². The lowest BCUT2D eigenvalue weighted by atomic mass is 10.0. The Kier molecular flexibility index (Phi) is 12.2. The highest BCUT2D eigenvalue weighted by Gasteiger charge is 2.31. The number of carboxylic acids is 2. The number of amides is 3. The van der Waals surface area contributed by atoms with Crippen LogP contribution in [0, 0.1) is 0 Å². The number of para-hydroxylation sites is 1. The van der Waals surface area contributed by atoms with Crippen molar-refractivity contribution in [3.05, 3.63) is 54.2 Å². The zero-order valence-electron chi connectivity index (χ0n) is 23.5. The van der Waals surface area contributed by atoms with Crippen molar-refractivity contribution in [2.24, 2.45) is 11.5 Å². The summed E-state index contributed by atoms with van der Waals surface area (Å²) in [5.74, 6) is -4.75. The van der Waals surface area contributed by atoms with Gasteiger partial charge in [-0.15, -0.1) is 0 Å². The second-order valence-corrected chi connectivity index (χ2v) is 10.2. The van der Waals surface area contributed by atoms with Gasteiger partial charge < -0.3 is 47.6 Å². The molecular formula is C28H38N8O7. The molecule has 4 unspecified atom stereocenters. The van der Waals surface area contributed by atoms with Crippen LogP contribution >= 0.6 is 0 Å². The van der Waals surface area contributed by atoms with Crippen LogP contribution in [0.1, 0.15) is 43.4 Å². The van der Waals surface area contributed by atoms with Crippen molar-refractivity contribution in [3.8, 4) is 0 Å². The summed E-state index contributed by atoms with van der Waals surface area (Å²) < 4.78 is 0. The van der Waals surface area contributed by atoms with Crippen molar-refractivity contribution in [2.75, 3.05) is 6.54 Å². The highest BCUT2D eigenvalue weighted by molar-refractivity contribution is 5.95. The van der Waals surface area contributed by atoms with Gasteiger partial charge in [-0.1, -0.05) is 18.2 Å². The SMILES string of the molecule is NCCCCC(NC(=O)C(CCC(=O)O)NC(=O)C(Cc1c[nH]c2ccccc12)NC(=O)C(N)Cc1cnc[nH]1)C(=O)O. The van der Waals surface area contributed by atoms with Gasteiger partial charge >= 0.3 is 11.9 Å². The Labute approximate surface area is 247 Å². The fourth-order valence-corrected chi connectivity index (χ4v) is 4.57. The van der Waals surface area contributed by atoms with Crippen LogP contribution < -0.4 is 27.4 Å². The molecule has 3 rings (SSSR count). The summed E-state index contributed by atoms with van der Waals surface area (Å²) in [7, 11) is 0. The van der Waals surface area contributed by atoms with Crippen molar-refractivity contribution < 1.29 is 34.2 Å². The molecular weight excluding hydrogens is 560 g/mol. The monoisotopic (exact) mass is 598 g/mol. The van der Waals surface area contributed by atoms with Crippen molar-refractivity contribution in [1.29, 1.82) is 0 Å². The van der Waals surface area contributed by atoms with E-state index >= 15 is 0 Å². The lowest BCUT2D eigenvalue weighted by Crippen LogP contribution is -2.57. The van der Waals surface area contributed by atoms with Crippen molar-refractivity contribution in [1.82, 2.24) is 30.9 Å². The van der Waals surface area contributed by atoms with E-state index in [4.69, 9.17) is 11.5 Å². The molecule has 3 amide bonds. The number of aromatic nitrogens is 3. The van der Waals surface area contributed by atoms with E-state index in [1.54, 1.807) is 6.20 Å². The molecule has 0 aliphatic carbocycles. The van der Waals surface area contributed by atoms with Crippen LogP contribution in [0.4, 0.5) is 0 Å². The number of aliphatic carboxylic acids is 2. The number of imidazole rings is 1. The fourth-order valence-electron chi connectivity index (χ4n) is 4.57. The average Bonchev–Trinajstić information content (AvgIpc) is 3.64. The van der Waals surface area contributed by atoms with E-state index in [2.05, 4.69) is 30.9 Å². The molecule has 0 bridgehead atoms. The Bertz CT molecular complexity index is 1390. The predicted octanol–water partition coefficient (Wildman–Crippen LogP) is -0.464. The quantitative estimate of drug-likeness (QED) is 0.0851. The molecule has 43 heavy (non-hydrogen) atoms. The number of hydrogen-bond donors (Lipinski definition) is 9. The minimum atomic E-state index is -1.39. The zero-order chi connectivity index (χ0) is 31.4. The molecule has 0 saturated carbocycles. The topological polar surface area (TPSA) is 258 Å². The van der Waals surface area contributed by atoms with E-state index in [0.717, 1.165) is 10.9 Å². The number of hydrogen-bond acceptors (Lipinski definition) is 8. The van der Waals surface area contributed by atoms with Gasteiger partial charge in [-0.05, 0) is 43.9 Å². The van der Waals surface area contributed by atoms with Gasteiger partial charge in [0, 0.05) is 48.3 Å². The van der Waals surface area contributed by atoms with E-state index < -0.39 is 60.2 Å². The van der Waals surface area contributed by atoms with Crippen LogP contribution in [0.3, 0.4) is 0 Å². The Balaban J connectivity index is 1.81. The molecule has 0 saturated heterocycles. The number of carbonyl (C=O) groups excluding carboxylic acids is 3. The summed E-state index contributed by atoms with van der Waals surface area (Å²) in [5, 5.41) is 27.2. The van der Waals surface area contributed by atoms with Crippen molar-refractivity contribution in [2.45, 2.75) is 69.1 Å². The first-order chi connectivity index (χ1) is 20.6. The summed E-state index contributed by atoms with van der Waals surface area (Å²) >= 11 is 0. The van der Waals surface area contributed by atoms with Crippen LogP contribution in [0.2, 0.25) is 0 Å². The molecule has 11 N–H and O–H groups in total. The van der Waals surface area contributed by atoms with E-state index in [0.29, 0.717) is 30.6 Å². The molecule has 2 aromatic heterocycles. The number of benzene rings is 1. The Morgan fingerprint density at radius 1 is 0.860 bits per heavy atom. The first-order valence-electron chi connectivity index (χ1n) is 13.9. The summed E-state index contributed by atoms with van der Waals surface area (Å²) in [4.78, 5) is 72.7. The summed E-state index contributed by atoms with van der Waals surface area (Å²) in [6.07, 6.45) is 5.12. The lowest BCUT2D eigenvalue weighted by molar-refractivity contribution is -0.143. The third-order valence-corrected chi connectivity index (χ3v) is 6.90. The van der Waals surface area contributed by atoms with Crippen LogP contribution in [0.25, 0.3) is 10.9 Å². The number of rotatable bonds is 18. The normalized spacial score (nSPS) is 13.9. The van der Waals surface area contributed by atoms with Crippen LogP contribution in [-0.4, -0.2) is 85.5 Å². The van der Waals surface area contributed by atoms with Crippen LogP contribution in [-0.2, 0) is 36.8 Å². The fraction of sp³-hybridized carbons (Fsp3) is 0.429. The molecule has 0 spiro atoms. The number of nitrogens with one attached hydrogen (secondary N) is 5. The van der Waals surface area contributed by atoms with Gasteiger partial charge in [-0.25, -0.2) is 9.78 Å². The maximum Gasteiger partial charge on any atom is 0.326 e.